The van der Waals surface area contributed by atoms with E-state index < -0.39 is 77.1 Å². The number of carbonyl (C=O) groups excluding carboxylic acids is 7. The number of tetrazole rings is 1. The van der Waals surface area contributed by atoms with Crippen LogP contribution in [0.25, 0.3) is 0 Å². The van der Waals surface area contributed by atoms with E-state index in [-0.39, 0.29) is 50.0 Å². The van der Waals surface area contributed by atoms with E-state index >= 15 is 0 Å². The second-order valence-electron chi connectivity index (χ2n) is 19.6. The third kappa shape index (κ3) is 12.9. The fourth-order valence-electron chi connectivity index (χ4n) is 9.01. The molecule has 2 fully saturated rings. The van der Waals surface area contributed by atoms with Crippen LogP contribution in [0.4, 0.5) is 4.79 Å². The Balaban J connectivity index is 1.10. The first-order valence-electron chi connectivity index (χ1n) is 24.1. The zero-order valence-corrected chi connectivity index (χ0v) is 40.2. The van der Waals surface area contributed by atoms with Crippen LogP contribution in [0.2, 0.25) is 0 Å². The molecular weight excluding hydrogens is 855 g/mol. The van der Waals surface area contributed by atoms with Crippen molar-refractivity contribution in [2.24, 2.45) is 17.8 Å². The van der Waals surface area contributed by atoms with Gasteiger partial charge in [0.25, 0.3) is 5.91 Å². The van der Waals surface area contributed by atoms with Gasteiger partial charge in [0, 0.05) is 50.7 Å². The van der Waals surface area contributed by atoms with Crippen LogP contribution >= 0.6 is 0 Å². The van der Waals surface area contributed by atoms with Gasteiger partial charge in [-0.2, -0.15) is 0 Å². The smallest absolute Gasteiger partial charge is 0.410 e. The Morgan fingerprint density at radius 3 is 2.25 bits per heavy atom. The molecule has 67 heavy (non-hydrogen) atoms. The Bertz CT molecular complexity index is 2240. The molecule has 0 bridgehead atoms. The van der Waals surface area contributed by atoms with Gasteiger partial charge < -0.3 is 30.5 Å². The molecule has 1 aliphatic carbocycles. The summed E-state index contributed by atoms with van der Waals surface area (Å²) in [5.74, 6) is -4.00. The van der Waals surface area contributed by atoms with Gasteiger partial charge in [-0.1, -0.05) is 95.6 Å². The fourth-order valence-corrected chi connectivity index (χ4v) is 9.01. The first-order valence-corrected chi connectivity index (χ1v) is 24.1. The number of aromatic nitrogens is 4. The van der Waals surface area contributed by atoms with Crippen LogP contribution in [0.1, 0.15) is 129 Å². The van der Waals surface area contributed by atoms with Gasteiger partial charge in [0.2, 0.25) is 23.5 Å². The minimum atomic E-state index is -1.18. The summed E-state index contributed by atoms with van der Waals surface area (Å²) < 4.78 is 7.81. The summed E-state index contributed by atoms with van der Waals surface area (Å²) in [6.07, 6.45) is 3.45. The van der Waals surface area contributed by atoms with Gasteiger partial charge >= 0.3 is 6.09 Å². The van der Waals surface area contributed by atoms with Crippen molar-refractivity contribution in [3.8, 4) is 0 Å². The van der Waals surface area contributed by atoms with Gasteiger partial charge in [-0.25, -0.2) is 9.48 Å². The summed E-state index contributed by atoms with van der Waals surface area (Å²) in [7, 11) is 0. The zero-order chi connectivity index (χ0) is 48.4. The Kier molecular flexibility index (Phi) is 17.1. The largest absolute Gasteiger partial charge is 0.444 e. The van der Waals surface area contributed by atoms with E-state index in [1.165, 1.54) is 4.90 Å². The van der Waals surface area contributed by atoms with Crippen molar-refractivity contribution in [1.82, 2.24) is 46.0 Å². The van der Waals surface area contributed by atoms with Crippen molar-refractivity contribution in [2.75, 3.05) is 13.1 Å². The number of aryl methyl sites for hydroxylation is 1. The van der Waals surface area contributed by atoms with E-state index in [1.54, 1.807) is 18.7 Å². The predicted octanol–water partition coefficient (Wildman–Crippen LogP) is 4.84. The average Bonchev–Trinajstić information content (AvgIpc) is 3.81. The summed E-state index contributed by atoms with van der Waals surface area (Å²) in [5, 5.41) is 20.8. The van der Waals surface area contributed by atoms with Gasteiger partial charge in [0.05, 0.1) is 18.1 Å². The predicted molar refractivity (Wildman–Crippen MR) is 249 cm³/mol. The molecule has 0 spiro atoms. The molecule has 1 aromatic heterocycles. The fraction of sp³-hybridized carbons (Fsp3) is 0.600. The second-order valence-corrected chi connectivity index (χ2v) is 19.6. The number of ketones is 2. The van der Waals surface area contributed by atoms with E-state index in [9.17, 15) is 33.6 Å². The van der Waals surface area contributed by atoms with Crippen LogP contribution in [0.5, 0.6) is 0 Å². The molecule has 3 heterocycles. The van der Waals surface area contributed by atoms with Crippen molar-refractivity contribution in [3.05, 3.63) is 77.1 Å². The minimum Gasteiger partial charge on any atom is -0.444 e. The molecule has 2 aliphatic heterocycles. The van der Waals surface area contributed by atoms with Crippen molar-refractivity contribution in [1.29, 1.82) is 0 Å². The lowest BCUT2D eigenvalue weighted by atomic mass is 9.88. The number of fused-ring (bicyclic) bond motifs is 1. The number of likely N-dealkylation sites (tertiary alicyclic amines) is 1. The lowest BCUT2D eigenvalue weighted by molar-refractivity contribution is -0.144. The molecule has 6 rings (SSSR count). The quantitative estimate of drug-likeness (QED) is 0.0916. The number of ether oxygens (including phenoxy) is 1. The third-order valence-corrected chi connectivity index (χ3v) is 13.3. The summed E-state index contributed by atoms with van der Waals surface area (Å²) in [5.41, 5.74) is 2.75. The Morgan fingerprint density at radius 1 is 0.881 bits per heavy atom. The number of benzene rings is 2. The van der Waals surface area contributed by atoms with Crippen LogP contribution < -0.4 is 16.0 Å². The number of Topliss-reactive ketones (excluding diaryl/α,β-unsaturated/α-hetero) is 2. The van der Waals surface area contributed by atoms with Crippen molar-refractivity contribution >= 4 is 41.3 Å². The van der Waals surface area contributed by atoms with Crippen molar-refractivity contribution in [3.63, 3.8) is 0 Å². The first kappa shape index (κ1) is 50.4. The number of hydrogen-bond acceptors (Lipinski definition) is 11. The maximum atomic E-state index is 14.7. The van der Waals surface area contributed by atoms with Crippen LogP contribution in [-0.2, 0) is 58.4 Å². The Morgan fingerprint density at radius 2 is 1.58 bits per heavy atom. The van der Waals surface area contributed by atoms with E-state index in [4.69, 9.17) is 4.74 Å². The van der Waals surface area contributed by atoms with Crippen LogP contribution in [-0.4, -0.2) is 115 Å². The van der Waals surface area contributed by atoms with Gasteiger partial charge in [-0.05, 0) is 91.3 Å². The summed E-state index contributed by atoms with van der Waals surface area (Å²) in [6.45, 7) is 13.9. The minimum absolute atomic E-state index is 0.0177. The van der Waals surface area contributed by atoms with E-state index in [0.717, 1.165) is 29.5 Å². The standard InChI is InChI=1S/C50H69N9O8/c1-8-16-40(44(61)47(64)51-36-23-24-36)52-46(63)41-28-38(67-49(66)57-26-25-33-17-12-13-18-34(33)29-57)30-58(41)48(65)43(32(4)5)53-45(62)39(31(2)3)27-37(60)21-14-15-22-42-54-55-56-59(42)50(6,7)35-19-10-9-11-20-35/h9-13,17-20,31-32,36,38-41,43H,8,14-16,21-30H2,1-7H3,(H,51,64)(H,52,63)(H,53,62)/t38?,39-,40?,41-,43-/m0/s1. The molecule has 2 aromatic carbocycles. The van der Waals surface area contributed by atoms with Gasteiger partial charge in [-0.3, -0.25) is 28.8 Å². The third-order valence-electron chi connectivity index (χ3n) is 13.3. The van der Waals surface area contributed by atoms with E-state index in [0.29, 0.717) is 51.0 Å². The zero-order valence-electron chi connectivity index (χ0n) is 40.2. The molecule has 1 saturated carbocycles. The molecule has 5 amide bonds. The monoisotopic (exact) mass is 924 g/mol. The molecule has 17 heteroatoms. The highest BCUT2D eigenvalue weighted by Crippen LogP contribution is 2.29. The molecule has 5 atom stereocenters. The number of amides is 5. The van der Waals surface area contributed by atoms with E-state index in [1.807, 2.05) is 80.1 Å². The summed E-state index contributed by atoms with van der Waals surface area (Å²) in [6, 6.07) is 14.4. The topological polar surface area (TPSA) is 215 Å². The van der Waals surface area contributed by atoms with Crippen molar-refractivity contribution < 1.29 is 38.3 Å². The Labute approximate surface area is 393 Å². The highest BCUT2D eigenvalue weighted by Gasteiger charge is 2.46. The molecule has 2 unspecified atom stereocenters. The van der Waals surface area contributed by atoms with Crippen LogP contribution in [0.3, 0.4) is 0 Å². The summed E-state index contributed by atoms with van der Waals surface area (Å²) >= 11 is 0. The molecular formula is C50H69N9O8. The Hall–Kier alpha value is -6.00. The second kappa shape index (κ2) is 22.7. The maximum absolute atomic E-state index is 14.7. The number of carbonyl (C=O) groups is 7. The molecule has 17 nitrogen and oxygen atoms in total. The lowest BCUT2D eigenvalue weighted by Gasteiger charge is -2.32. The SMILES string of the molecule is CCCC(NC(=O)[C@@H]1CC(OC(=O)N2CCc3ccccc3C2)CN1C(=O)[C@@H](NC(=O)[C@@H](CC(=O)CCCCc1nnnn1C(C)(C)c1ccccc1)C(C)C)C(C)C)C(=O)C(=O)NC1CC1. The average molecular weight is 924 g/mol. The molecule has 3 aliphatic rings. The number of nitrogens with zero attached hydrogens (tertiary/aromatic N) is 6. The molecule has 3 N–H and O–H groups in total. The van der Waals surface area contributed by atoms with Gasteiger partial charge in [0.1, 0.15) is 24.0 Å². The molecule has 0 radical (unpaired) electrons. The molecule has 1 saturated heterocycles. The number of nitrogens with one attached hydrogen (secondary N) is 3. The summed E-state index contributed by atoms with van der Waals surface area (Å²) in [4.78, 5) is 99.1. The lowest BCUT2D eigenvalue weighted by Crippen LogP contribution is -2.58. The van der Waals surface area contributed by atoms with Crippen molar-refractivity contribution in [2.45, 2.75) is 161 Å². The van der Waals surface area contributed by atoms with Crippen LogP contribution in [0, 0.1) is 17.8 Å². The first-order chi connectivity index (χ1) is 32.0. The normalized spacial score (nSPS) is 18.5. The number of rotatable bonds is 22. The highest BCUT2D eigenvalue weighted by molar-refractivity contribution is 6.38. The molecule has 3 aromatic rings. The number of hydrogen-bond donors (Lipinski definition) is 3. The van der Waals surface area contributed by atoms with Gasteiger partial charge in [0.15, 0.2) is 5.82 Å². The van der Waals surface area contributed by atoms with E-state index in [2.05, 4.69) is 45.3 Å². The maximum Gasteiger partial charge on any atom is 0.410 e. The highest BCUT2D eigenvalue weighted by atomic mass is 16.6. The number of unbranched alkanes of at least 4 members (excludes halogenated alkanes) is 1. The molecule has 362 valence electrons. The van der Waals surface area contributed by atoms with Crippen LogP contribution in [0.15, 0.2) is 54.6 Å². The van der Waals surface area contributed by atoms with Gasteiger partial charge in [-0.15, -0.1) is 5.10 Å².